The van der Waals surface area contributed by atoms with Crippen LogP contribution in [0.1, 0.15) is 86.1 Å². The summed E-state index contributed by atoms with van der Waals surface area (Å²) in [6.45, 7) is 1.82. The van der Waals surface area contributed by atoms with Gasteiger partial charge in [0.2, 0.25) is 0 Å². The quantitative estimate of drug-likeness (QED) is 0.254. The van der Waals surface area contributed by atoms with Gasteiger partial charge in [0.05, 0.1) is 18.4 Å². The summed E-state index contributed by atoms with van der Waals surface area (Å²) >= 11 is 1.28. The number of benzene rings is 3. The Morgan fingerprint density at radius 3 is 2.37 bits per heavy atom. The lowest BCUT2D eigenvalue weighted by Gasteiger charge is -2.18. The molecule has 1 aromatic heterocycles. The molecule has 198 valence electrons. The zero-order valence-corrected chi connectivity index (χ0v) is 23.2. The molecule has 5 heteroatoms. The predicted octanol–water partition coefficient (Wildman–Crippen LogP) is 9.06. The van der Waals surface area contributed by atoms with Gasteiger partial charge in [-0.1, -0.05) is 75.4 Å². The van der Waals surface area contributed by atoms with Crippen molar-refractivity contribution in [3.05, 3.63) is 88.5 Å². The van der Waals surface area contributed by atoms with Crippen LogP contribution in [-0.2, 0) is 12.8 Å². The molecule has 0 saturated heterocycles. The standard InChI is InChI=1S/C29H29N3S.C4H9F/c30-24-13-14-26-22(17-24)6-3-7-25(23-12-15-27-28(18-23)32-33-31-27)29(26)21-10-8-20(9-11-21)16-19-4-1-2-5-19;1-2-3-4-5/h8-15,17-19H,1-7,16,30H2;2-4H2,1H3. The lowest BCUT2D eigenvalue weighted by Crippen LogP contribution is -2.00. The SMILES string of the molecule is CCCCF.Nc1ccc2c(c1)CCCC(c1ccc3nsnc3c1)=C2c1ccc(CC2CCCC2)cc1. The number of nitrogens with zero attached hydrogens (tertiary/aromatic N) is 2. The van der Waals surface area contributed by atoms with Gasteiger partial charge < -0.3 is 5.73 Å². The molecular weight excluding hydrogens is 489 g/mol. The van der Waals surface area contributed by atoms with Gasteiger partial charge in [-0.25, -0.2) is 0 Å². The van der Waals surface area contributed by atoms with Crippen molar-refractivity contribution in [2.45, 2.75) is 71.1 Å². The van der Waals surface area contributed by atoms with E-state index >= 15 is 0 Å². The van der Waals surface area contributed by atoms with Crippen molar-refractivity contribution in [2.24, 2.45) is 5.92 Å². The van der Waals surface area contributed by atoms with E-state index in [1.165, 1.54) is 82.8 Å². The third-order valence-corrected chi connectivity index (χ3v) is 8.46. The van der Waals surface area contributed by atoms with Crippen LogP contribution < -0.4 is 5.73 Å². The van der Waals surface area contributed by atoms with Gasteiger partial charge in [0.15, 0.2) is 0 Å². The smallest absolute Gasteiger partial charge is 0.105 e. The number of anilines is 1. The van der Waals surface area contributed by atoms with Crippen LogP contribution in [0.2, 0.25) is 0 Å². The maximum absolute atomic E-state index is 11.0. The molecule has 6 rings (SSSR count). The van der Waals surface area contributed by atoms with Crippen molar-refractivity contribution < 1.29 is 4.39 Å². The highest BCUT2D eigenvalue weighted by atomic mass is 32.1. The molecule has 0 spiro atoms. The molecule has 1 fully saturated rings. The van der Waals surface area contributed by atoms with E-state index in [2.05, 4.69) is 63.3 Å². The Morgan fingerprint density at radius 1 is 0.868 bits per heavy atom. The monoisotopic (exact) mass is 527 g/mol. The summed E-state index contributed by atoms with van der Waals surface area (Å²) in [5.74, 6) is 0.866. The van der Waals surface area contributed by atoms with E-state index in [1.807, 2.05) is 13.0 Å². The molecule has 3 nitrogen and oxygen atoms in total. The van der Waals surface area contributed by atoms with Crippen LogP contribution >= 0.6 is 11.7 Å². The van der Waals surface area contributed by atoms with E-state index in [-0.39, 0.29) is 6.67 Å². The van der Waals surface area contributed by atoms with Crippen molar-refractivity contribution in [3.8, 4) is 0 Å². The molecule has 0 radical (unpaired) electrons. The molecule has 0 aliphatic heterocycles. The van der Waals surface area contributed by atoms with E-state index in [0.717, 1.165) is 54.7 Å². The minimum atomic E-state index is -0.156. The van der Waals surface area contributed by atoms with Crippen molar-refractivity contribution in [3.63, 3.8) is 0 Å². The number of nitrogen functional groups attached to an aromatic ring is 1. The molecule has 0 unspecified atom stereocenters. The van der Waals surface area contributed by atoms with Crippen LogP contribution in [-0.4, -0.2) is 15.4 Å². The summed E-state index contributed by atoms with van der Waals surface area (Å²) in [5, 5.41) is 0. The molecule has 1 heterocycles. The van der Waals surface area contributed by atoms with E-state index in [9.17, 15) is 4.39 Å². The summed E-state index contributed by atoms with van der Waals surface area (Å²) < 4.78 is 19.9. The van der Waals surface area contributed by atoms with Crippen molar-refractivity contribution in [2.75, 3.05) is 12.4 Å². The fourth-order valence-corrected chi connectivity index (χ4v) is 6.40. The Kier molecular flexibility index (Phi) is 8.85. The van der Waals surface area contributed by atoms with Gasteiger partial charge in [0.1, 0.15) is 11.0 Å². The number of alkyl halides is 1. The first kappa shape index (κ1) is 26.6. The fraction of sp³-hybridized carbons (Fsp3) is 0.394. The van der Waals surface area contributed by atoms with E-state index < -0.39 is 0 Å². The number of halogens is 1. The van der Waals surface area contributed by atoms with Gasteiger partial charge in [-0.3, -0.25) is 4.39 Å². The van der Waals surface area contributed by atoms with Crippen molar-refractivity contribution >= 4 is 39.6 Å². The zero-order chi connectivity index (χ0) is 26.3. The molecule has 38 heavy (non-hydrogen) atoms. The zero-order valence-electron chi connectivity index (χ0n) is 22.4. The largest absolute Gasteiger partial charge is 0.399 e. The molecule has 2 aliphatic carbocycles. The first-order valence-electron chi connectivity index (χ1n) is 14.2. The van der Waals surface area contributed by atoms with Crippen LogP contribution in [0.15, 0.2) is 60.7 Å². The Balaban J connectivity index is 0.000000540. The molecule has 2 N–H and O–H groups in total. The van der Waals surface area contributed by atoms with Gasteiger partial charge in [-0.2, -0.15) is 8.75 Å². The summed E-state index contributed by atoms with van der Waals surface area (Å²) in [7, 11) is 0. The average Bonchev–Trinajstić information content (AvgIpc) is 3.58. The summed E-state index contributed by atoms with van der Waals surface area (Å²) in [5.41, 5.74) is 18.4. The molecular formula is C33H38FN3S. The van der Waals surface area contributed by atoms with Gasteiger partial charge in [-0.15, -0.1) is 0 Å². The first-order chi connectivity index (χ1) is 18.7. The highest BCUT2D eigenvalue weighted by Gasteiger charge is 2.21. The van der Waals surface area contributed by atoms with Gasteiger partial charge in [-0.05, 0) is 101 Å². The van der Waals surface area contributed by atoms with Crippen LogP contribution in [0, 0.1) is 5.92 Å². The van der Waals surface area contributed by atoms with Crippen LogP contribution in [0.5, 0.6) is 0 Å². The second-order valence-electron chi connectivity index (χ2n) is 10.7. The number of aromatic nitrogens is 2. The highest BCUT2D eigenvalue weighted by Crippen LogP contribution is 2.41. The molecule has 3 aromatic carbocycles. The van der Waals surface area contributed by atoms with E-state index in [1.54, 1.807) is 0 Å². The molecule has 2 aliphatic rings. The second-order valence-corrected chi connectivity index (χ2v) is 11.2. The molecule has 0 atom stereocenters. The third kappa shape index (κ3) is 6.15. The van der Waals surface area contributed by atoms with Gasteiger partial charge in [0.25, 0.3) is 0 Å². The summed E-state index contributed by atoms with van der Waals surface area (Å²) in [6, 6.07) is 22.4. The Hall–Kier alpha value is -3.05. The van der Waals surface area contributed by atoms with Crippen LogP contribution in [0.4, 0.5) is 10.1 Å². The highest BCUT2D eigenvalue weighted by molar-refractivity contribution is 7.00. The van der Waals surface area contributed by atoms with E-state index in [4.69, 9.17) is 5.73 Å². The molecule has 0 amide bonds. The molecule has 1 saturated carbocycles. The maximum atomic E-state index is 11.0. The fourth-order valence-electron chi connectivity index (χ4n) is 5.88. The van der Waals surface area contributed by atoms with Gasteiger partial charge >= 0.3 is 0 Å². The number of aryl methyl sites for hydroxylation is 1. The average molecular weight is 528 g/mol. The third-order valence-electron chi connectivity index (χ3n) is 7.90. The summed E-state index contributed by atoms with van der Waals surface area (Å²) in [4.78, 5) is 0. The van der Waals surface area contributed by atoms with Gasteiger partial charge in [0, 0.05) is 5.69 Å². The number of nitrogens with two attached hydrogens (primary N) is 1. The lowest BCUT2D eigenvalue weighted by molar-refractivity contribution is 0.469. The maximum Gasteiger partial charge on any atom is 0.105 e. The number of allylic oxidation sites excluding steroid dienone is 1. The van der Waals surface area contributed by atoms with Crippen molar-refractivity contribution in [1.29, 1.82) is 0 Å². The summed E-state index contributed by atoms with van der Waals surface area (Å²) in [6.07, 6.45) is 11.7. The number of hydrogen-bond acceptors (Lipinski definition) is 4. The lowest BCUT2D eigenvalue weighted by atomic mass is 9.87. The van der Waals surface area contributed by atoms with E-state index in [0.29, 0.717) is 0 Å². The predicted molar refractivity (Wildman–Crippen MR) is 160 cm³/mol. The minimum absolute atomic E-state index is 0.156. The van der Waals surface area contributed by atoms with Crippen molar-refractivity contribution in [1.82, 2.24) is 8.75 Å². The normalized spacial score (nSPS) is 15.7. The number of fused-ring (bicyclic) bond motifs is 2. The molecule has 4 aromatic rings. The number of unbranched alkanes of at least 4 members (excludes halogenated alkanes) is 1. The number of rotatable bonds is 6. The topological polar surface area (TPSA) is 51.8 Å². The molecule has 0 bridgehead atoms. The Labute approximate surface area is 230 Å². The Morgan fingerprint density at radius 2 is 1.63 bits per heavy atom. The number of hydrogen-bond donors (Lipinski definition) is 1. The first-order valence-corrected chi connectivity index (χ1v) is 14.9. The Bertz CT molecular complexity index is 1380. The second kappa shape index (κ2) is 12.7. The van der Waals surface area contributed by atoms with Crippen LogP contribution in [0.25, 0.3) is 22.2 Å². The minimum Gasteiger partial charge on any atom is -0.399 e. The van der Waals surface area contributed by atoms with Crippen LogP contribution in [0.3, 0.4) is 0 Å².